The Balaban J connectivity index is 1.38. The second-order valence-corrected chi connectivity index (χ2v) is 9.60. The molecule has 1 aromatic heterocycles. The molecular weight excluding hydrogens is 485 g/mol. The van der Waals surface area contributed by atoms with E-state index < -0.39 is 5.97 Å². The summed E-state index contributed by atoms with van der Waals surface area (Å²) in [6.07, 6.45) is 2.15. The third-order valence-electron chi connectivity index (χ3n) is 6.16. The molecular formula is C28H23Cl2NO4. The van der Waals surface area contributed by atoms with E-state index in [9.17, 15) is 4.79 Å². The molecule has 0 saturated heterocycles. The maximum absolute atomic E-state index is 10.9. The lowest BCUT2D eigenvalue weighted by molar-refractivity contribution is -0.136. The number of aliphatic carboxylic acids is 1. The number of nitrogens with zero attached hydrogens (tertiary/aromatic N) is 1. The zero-order valence-corrected chi connectivity index (χ0v) is 20.6. The van der Waals surface area contributed by atoms with Crippen molar-refractivity contribution >= 4 is 29.2 Å². The lowest BCUT2D eigenvalue weighted by Crippen LogP contribution is -2.01. The van der Waals surface area contributed by atoms with Crippen LogP contribution in [0.3, 0.4) is 0 Å². The van der Waals surface area contributed by atoms with Gasteiger partial charge < -0.3 is 14.4 Å². The van der Waals surface area contributed by atoms with Crippen LogP contribution in [0.5, 0.6) is 5.75 Å². The number of aryl methyl sites for hydroxylation is 1. The molecule has 5 rings (SSSR count). The molecule has 0 unspecified atom stereocenters. The van der Waals surface area contributed by atoms with E-state index in [1.165, 1.54) is 0 Å². The fraction of sp³-hybridized carbons (Fsp3) is 0.214. The molecule has 1 heterocycles. The summed E-state index contributed by atoms with van der Waals surface area (Å²) in [7, 11) is 0. The minimum absolute atomic E-state index is 0.0131. The third kappa shape index (κ3) is 5.07. The summed E-state index contributed by atoms with van der Waals surface area (Å²) in [6.45, 7) is 2.29. The quantitative estimate of drug-likeness (QED) is 0.264. The van der Waals surface area contributed by atoms with E-state index in [1.54, 1.807) is 18.2 Å². The van der Waals surface area contributed by atoms with Gasteiger partial charge in [-0.1, -0.05) is 64.8 Å². The number of benzene rings is 3. The number of aromatic nitrogens is 1. The number of ether oxygens (including phenoxy) is 1. The standard InChI is InChI=1S/C28H23Cl2NO4/c1-16-13-20(18-7-5-17(6-8-18)14-25(32)33)11-12-24(16)34-15-21-27(31-35-28(21)19-9-10-19)26-22(29)3-2-4-23(26)30/h2-8,11-13,19H,9-10,14-15H2,1H3,(H,32,33). The van der Waals surface area contributed by atoms with Crippen LogP contribution in [0.1, 0.15) is 41.2 Å². The van der Waals surface area contributed by atoms with Crippen LogP contribution in [0.4, 0.5) is 0 Å². The lowest BCUT2D eigenvalue weighted by atomic mass is 10.0. The van der Waals surface area contributed by atoms with Crippen LogP contribution in [0.2, 0.25) is 10.0 Å². The number of carbonyl (C=O) groups is 1. The summed E-state index contributed by atoms with van der Waals surface area (Å²) in [5.41, 5.74) is 5.96. The van der Waals surface area contributed by atoms with E-state index in [0.717, 1.165) is 52.2 Å². The third-order valence-corrected chi connectivity index (χ3v) is 6.79. The summed E-state index contributed by atoms with van der Waals surface area (Å²) < 4.78 is 12.0. The van der Waals surface area contributed by atoms with Crippen molar-refractivity contribution in [3.8, 4) is 28.1 Å². The number of hydrogen-bond acceptors (Lipinski definition) is 4. The molecule has 0 amide bonds. The van der Waals surface area contributed by atoms with E-state index in [-0.39, 0.29) is 13.0 Å². The molecule has 7 heteroatoms. The summed E-state index contributed by atoms with van der Waals surface area (Å²) in [4.78, 5) is 10.9. The lowest BCUT2D eigenvalue weighted by Gasteiger charge is -2.13. The molecule has 178 valence electrons. The van der Waals surface area contributed by atoms with Gasteiger partial charge in [-0.3, -0.25) is 4.79 Å². The van der Waals surface area contributed by atoms with Crippen molar-refractivity contribution in [2.24, 2.45) is 0 Å². The van der Waals surface area contributed by atoms with E-state index in [4.69, 9.17) is 37.6 Å². The molecule has 0 spiro atoms. The summed E-state index contributed by atoms with van der Waals surface area (Å²) in [5.74, 6) is 1.11. The van der Waals surface area contributed by atoms with Gasteiger partial charge in [-0.25, -0.2) is 0 Å². The minimum Gasteiger partial charge on any atom is -0.488 e. The van der Waals surface area contributed by atoms with Gasteiger partial charge in [-0.05, 0) is 66.3 Å². The molecule has 1 aliphatic carbocycles. The number of carboxylic acid groups (broad SMARTS) is 1. The summed E-state index contributed by atoms with van der Waals surface area (Å²) in [6, 6.07) is 18.9. The first-order chi connectivity index (χ1) is 16.9. The van der Waals surface area contributed by atoms with Gasteiger partial charge in [-0.15, -0.1) is 0 Å². The van der Waals surface area contributed by atoms with Gasteiger partial charge in [0.05, 0.1) is 22.0 Å². The van der Waals surface area contributed by atoms with Crippen LogP contribution in [0.15, 0.2) is 65.2 Å². The molecule has 0 bridgehead atoms. The largest absolute Gasteiger partial charge is 0.488 e. The SMILES string of the molecule is Cc1cc(-c2ccc(CC(=O)O)cc2)ccc1OCc1c(-c2c(Cl)cccc2Cl)noc1C1CC1. The molecule has 1 aliphatic rings. The van der Waals surface area contributed by atoms with Crippen LogP contribution in [0, 0.1) is 6.92 Å². The van der Waals surface area contributed by atoms with Crippen molar-refractivity contribution in [2.45, 2.75) is 38.7 Å². The zero-order valence-electron chi connectivity index (χ0n) is 19.1. The molecule has 5 nitrogen and oxygen atoms in total. The molecule has 1 saturated carbocycles. The Labute approximate surface area is 213 Å². The second-order valence-electron chi connectivity index (χ2n) is 8.78. The topological polar surface area (TPSA) is 72.6 Å². The number of rotatable bonds is 8. The van der Waals surface area contributed by atoms with Crippen molar-refractivity contribution < 1.29 is 19.2 Å². The highest BCUT2D eigenvalue weighted by molar-refractivity contribution is 6.39. The number of hydrogen-bond donors (Lipinski definition) is 1. The average molecular weight is 508 g/mol. The van der Waals surface area contributed by atoms with Crippen LogP contribution in [-0.4, -0.2) is 16.2 Å². The van der Waals surface area contributed by atoms with Crippen molar-refractivity contribution in [3.63, 3.8) is 0 Å². The number of halogens is 2. The Hall–Kier alpha value is -3.28. The second kappa shape index (κ2) is 9.76. The fourth-order valence-corrected chi connectivity index (χ4v) is 4.76. The van der Waals surface area contributed by atoms with E-state index in [0.29, 0.717) is 27.2 Å². The maximum atomic E-state index is 10.9. The van der Waals surface area contributed by atoms with Gasteiger partial charge >= 0.3 is 5.97 Å². The van der Waals surface area contributed by atoms with Crippen LogP contribution in [0.25, 0.3) is 22.4 Å². The molecule has 0 aliphatic heterocycles. The Kier molecular flexibility index (Phi) is 6.54. The highest BCUT2D eigenvalue weighted by Gasteiger charge is 2.33. The van der Waals surface area contributed by atoms with E-state index >= 15 is 0 Å². The predicted octanol–water partition coefficient (Wildman–Crippen LogP) is 7.71. The predicted molar refractivity (Wildman–Crippen MR) is 136 cm³/mol. The number of carboxylic acids is 1. The molecule has 3 aromatic carbocycles. The normalized spacial score (nSPS) is 13.1. The fourth-order valence-electron chi connectivity index (χ4n) is 4.18. The molecule has 1 N–H and O–H groups in total. The first-order valence-electron chi connectivity index (χ1n) is 11.4. The van der Waals surface area contributed by atoms with Crippen molar-refractivity contribution in [2.75, 3.05) is 0 Å². The van der Waals surface area contributed by atoms with E-state index in [1.807, 2.05) is 43.3 Å². The maximum Gasteiger partial charge on any atom is 0.307 e. The highest BCUT2D eigenvalue weighted by atomic mass is 35.5. The molecule has 4 aromatic rings. The molecule has 0 atom stereocenters. The van der Waals surface area contributed by atoms with Gasteiger partial charge in [0.1, 0.15) is 23.8 Å². The van der Waals surface area contributed by atoms with Crippen LogP contribution < -0.4 is 4.74 Å². The first kappa shape index (κ1) is 23.5. The molecule has 1 fully saturated rings. The summed E-state index contributed by atoms with van der Waals surface area (Å²) in [5, 5.41) is 14.3. The summed E-state index contributed by atoms with van der Waals surface area (Å²) >= 11 is 12.9. The first-order valence-corrected chi connectivity index (χ1v) is 12.1. The highest BCUT2D eigenvalue weighted by Crippen LogP contribution is 2.46. The Morgan fingerprint density at radius 1 is 1.06 bits per heavy atom. The van der Waals surface area contributed by atoms with Gasteiger partial charge in [-0.2, -0.15) is 0 Å². The Morgan fingerprint density at radius 2 is 1.74 bits per heavy atom. The molecule has 35 heavy (non-hydrogen) atoms. The smallest absolute Gasteiger partial charge is 0.307 e. The van der Waals surface area contributed by atoms with Gasteiger partial charge in [0, 0.05) is 11.5 Å². The van der Waals surface area contributed by atoms with Crippen molar-refractivity contribution in [3.05, 3.63) is 93.2 Å². The average Bonchev–Trinajstić information content (AvgIpc) is 3.59. The monoisotopic (exact) mass is 507 g/mol. The van der Waals surface area contributed by atoms with Crippen LogP contribution in [-0.2, 0) is 17.8 Å². The Morgan fingerprint density at radius 3 is 2.37 bits per heavy atom. The molecule has 0 radical (unpaired) electrons. The van der Waals surface area contributed by atoms with Crippen molar-refractivity contribution in [1.29, 1.82) is 0 Å². The Bertz CT molecular complexity index is 1370. The minimum atomic E-state index is -0.840. The van der Waals surface area contributed by atoms with Gasteiger partial charge in [0.25, 0.3) is 0 Å². The van der Waals surface area contributed by atoms with Gasteiger partial charge in [0.15, 0.2) is 0 Å². The zero-order chi connectivity index (χ0) is 24.5. The van der Waals surface area contributed by atoms with Gasteiger partial charge in [0.2, 0.25) is 0 Å². The van der Waals surface area contributed by atoms with Crippen LogP contribution >= 0.6 is 23.2 Å². The van der Waals surface area contributed by atoms with Crippen molar-refractivity contribution in [1.82, 2.24) is 5.16 Å². The van der Waals surface area contributed by atoms with E-state index in [2.05, 4.69) is 11.2 Å².